The van der Waals surface area contributed by atoms with Gasteiger partial charge in [0, 0.05) is 6.20 Å². The van der Waals surface area contributed by atoms with Gasteiger partial charge in [0.1, 0.15) is 5.69 Å². The molecule has 0 spiro atoms. The molecule has 0 fully saturated rings. The van der Waals surface area contributed by atoms with E-state index in [0.717, 1.165) is 0 Å². The highest BCUT2D eigenvalue weighted by Gasteiger charge is 2.43. The summed E-state index contributed by atoms with van der Waals surface area (Å²) in [5, 5.41) is 2.99. The van der Waals surface area contributed by atoms with Crippen LogP contribution in [0.2, 0.25) is 5.02 Å². The van der Waals surface area contributed by atoms with Crippen molar-refractivity contribution >= 4 is 33.4 Å². The third-order valence-corrected chi connectivity index (χ3v) is 4.15. The second-order valence-electron chi connectivity index (χ2n) is 4.57. The van der Waals surface area contributed by atoms with Crippen LogP contribution in [0.1, 0.15) is 23.1 Å². The van der Waals surface area contributed by atoms with Gasteiger partial charge in [-0.1, -0.05) is 17.7 Å². The van der Waals surface area contributed by atoms with Gasteiger partial charge < -0.3 is 5.32 Å². The lowest BCUT2D eigenvalue weighted by Gasteiger charge is -2.26. The number of rotatable bonds is 1. The molecule has 1 atom stereocenters. The number of amides is 1. The number of hydrogen-bond donors (Lipinski definition) is 1. The van der Waals surface area contributed by atoms with E-state index in [1.54, 1.807) is 31.3 Å². The minimum Gasteiger partial charge on any atom is -0.323 e. The third kappa shape index (κ3) is 1.72. The molecule has 0 saturated carbocycles. The SMILES string of the molecule is CC1(c2ccccn2)NC(=O)c2c(Cl)cc(Br)c(=O)n21. The molecule has 1 unspecified atom stereocenters. The number of carbonyl (C=O) groups excluding carboxylic acids is 1. The number of halogens is 2. The summed E-state index contributed by atoms with van der Waals surface area (Å²) in [5.74, 6) is -0.396. The Kier molecular flexibility index (Phi) is 2.95. The van der Waals surface area contributed by atoms with Crippen LogP contribution in [0, 0.1) is 0 Å². The van der Waals surface area contributed by atoms with Crippen LogP contribution in [0.5, 0.6) is 0 Å². The van der Waals surface area contributed by atoms with E-state index in [0.29, 0.717) is 10.2 Å². The van der Waals surface area contributed by atoms with Crippen LogP contribution < -0.4 is 10.9 Å². The third-order valence-electron chi connectivity index (χ3n) is 3.29. The summed E-state index contributed by atoms with van der Waals surface area (Å²) in [7, 11) is 0. The van der Waals surface area contributed by atoms with Crippen LogP contribution in [0.3, 0.4) is 0 Å². The Morgan fingerprint density at radius 2 is 2.15 bits per heavy atom. The molecule has 0 aliphatic carbocycles. The van der Waals surface area contributed by atoms with Crippen LogP contribution in [0.4, 0.5) is 0 Å². The molecule has 0 saturated heterocycles. The summed E-state index contributed by atoms with van der Waals surface area (Å²) >= 11 is 9.25. The minimum absolute atomic E-state index is 0.146. The van der Waals surface area contributed by atoms with E-state index in [9.17, 15) is 9.59 Å². The Hall–Kier alpha value is -1.66. The van der Waals surface area contributed by atoms with Gasteiger partial charge in [0.2, 0.25) is 0 Å². The Morgan fingerprint density at radius 3 is 2.80 bits per heavy atom. The lowest BCUT2D eigenvalue weighted by atomic mass is 10.1. The fourth-order valence-electron chi connectivity index (χ4n) is 2.36. The highest BCUT2D eigenvalue weighted by Crippen LogP contribution is 2.31. The van der Waals surface area contributed by atoms with Crippen LogP contribution in [0.25, 0.3) is 0 Å². The number of fused-ring (bicyclic) bond motifs is 1. The summed E-state index contributed by atoms with van der Waals surface area (Å²) in [5.41, 5.74) is -0.690. The molecule has 0 aromatic carbocycles. The number of pyridine rings is 2. The van der Waals surface area contributed by atoms with Crippen molar-refractivity contribution in [3.05, 3.63) is 61.7 Å². The Balaban J connectivity index is 2.37. The van der Waals surface area contributed by atoms with Crippen LogP contribution in [0.15, 0.2) is 39.7 Å². The number of nitrogens with zero attached hydrogens (tertiary/aromatic N) is 2. The van der Waals surface area contributed by atoms with Gasteiger partial charge in [0.25, 0.3) is 11.5 Å². The zero-order valence-corrected chi connectivity index (χ0v) is 12.7. The second-order valence-corrected chi connectivity index (χ2v) is 5.83. The molecule has 2 aromatic heterocycles. The van der Waals surface area contributed by atoms with Gasteiger partial charge in [-0.3, -0.25) is 19.1 Å². The summed E-state index contributed by atoms with van der Waals surface area (Å²) in [6, 6.07) is 6.74. The van der Waals surface area contributed by atoms with E-state index in [-0.39, 0.29) is 16.3 Å². The van der Waals surface area contributed by atoms with E-state index in [2.05, 4.69) is 26.2 Å². The molecule has 7 heteroatoms. The monoisotopic (exact) mass is 353 g/mol. The van der Waals surface area contributed by atoms with Gasteiger partial charge >= 0.3 is 0 Å². The first-order valence-electron chi connectivity index (χ1n) is 5.80. The highest BCUT2D eigenvalue weighted by atomic mass is 79.9. The number of carbonyl (C=O) groups is 1. The topological polar surface area (TPSA) is 64.0 Å². The standard InChI is InChI=1S/C13H9BrClN3O2/c1-13(9-4-2-3-5-16-9)17-11(19)10-8(15)6-7(14)12(20)18(10)13/h2-6H,1H3,(H,17,19). The summed E-state index contributed by atoms with van der Waals surface area (Å²) in [6.45, 7) is 1.72. The molecule has 1 aliphatic heterocycles. The van der Waals surface area contributed by atoms with Gasteiger partial charge in [-0.05, 0) is 41.1 Å². The van der Waals surface area contributed by atoms with Crippen molar-refractivity contribution in [2.75, 3.05) is 0 Å². The molecule has 0 radical (unpaired) electrons. The predicted octanol–water partition coefficient (Wildman–Crippen LogP) is 2.12. The lowest BCUT2D eigenvalue weighted by molar-refractivity contribution is 0.0940. The molecule has 5 nitrogen and oxygen atoms in total. The van der Waals surface area contributed by atoms with Crippen LogP contribution in [-0.2, 0) is 5.66 Å². The molecule has 20 heavy (non-hydrogen) atoms. The zero-order chi connectivity index (χ0) is 14.5. The summed E-state index contributed by atoms with van der Waals surface area (Å²) in [6.07, 6.45) is 1.61. The first-order valence-corrected chi connectivity index (χ1v) is 6.98. The van der Waals surface area contributed by atoms with Gasteiger partial charge in [-0.25, -0.2) is 0 Å². The molecule has 1 aliphatic rings. The number of hydrogen-bond acceptors (Lipinski definition) is 3. The predicted molar refractivity (Wildman–Crippen MR) is 77.9 cm³/mol. The van der Waals surface area contributed by atoms with E-state index in [1.165, 1.54) is 10.6 Å². The first kappa shape index (κ1) is 13.3. The largest absolute Gasteiger partial charge is 0.323 e. The summed E-state index contributed by atoms with van der Waals surface area (Å²) in [4.78, 5) is 28.8. The molecule has 3 heterocycles. The highest BCUT2D eigenvalue weighted by molar-refractivity contribution is 9.10. The average Bonchev–Trinajstić information content (AvgIpc) is 2.70. The van der Waals surface area contributed by atoms with Crippen molar-refractivity contribution in [1.82, 2.24) is 14.9 Å². The van der Waals surface area contributed by atoms with E-state index in [4.69, 9.17) is 11.6 Å². The quantitative estimate of drug-likeness (QED) is 0.853. The zero-order valence-electron chi connectivity index (χ0n) is 10.4. The average molecular weight is 355 g/mol. The first-order chi connectivity index (χ1) is 9.45. The van der Waals surface area contributed by atoms with E-state index in [1.807, 2.05) is 0 Å². The maximum Gasteiger partial charge on any atom is 0.271 e. The second kappa shape index (κ2) is 4.43. The minimum atomic E-state index is -1.06. The summed E-state index contributed by atoms with van der Waals surface area (Å²) < 4.78 is 1.63. The van der Waals surface area contributed by atoms with Gasteiger partial charge in [-0.2, -0.15) is 0 Å². The van der Waals surface area contributed by atoms with Crippen molar-refractivity contribution in [2.45, 2.75) is 12.6 Å². The van der Waals surface area contributed by atoms with Crippen molar-refractivity contribution < 1.29 is 4.79 Å². The van der Waals surface area contributed by atoms with Crippen molar-refractivity contribution in [3.8, 4) is 0 Å². The fraction of sp³-hybridized carbons (Fsp3) is 0.154. The van der Waals surface area contributed by atoms with Gasteiger partial charge in [0.15, 0.2) is 5.66 Å². The molecule has 3 rings (SSSR count). The molecular formula is C13H9BrClN3O2. The molecular weight excluding hydrogens is 346 g/mol. The normalized spacial score (nSPS) is 20.6. The van der Waals surface area contributed by atoms with Crippen molar-refractivity contribution in [1.29, 1.82) is 0 Å². The fourth-order valence-corrected chi connectivity index (χ4v) is 3.18. The van der Waals surface area contributed by atoms with Crippen LogP contribution in [-0.4, -0.2) is 15.5 Å². The number of nitrogens with one attached hydrogen (secondary N) is 1. The Morgan fingerprint density at radius 1 is 1.40 bits per heavy atom. The lowest BCUT2D eigenvalue weighted by Crippen LogP contribution is -2.46. The van der Waals surface area contributed by atoms with Gasteiger partial charge in [-0.15, -0.1) is 0 Å². The Bertz CT molecular complexity index is 775. The maximum absolute atomic E-state index is 12.4. The molecule has 102 valence electrons. The smallest absolute Gasteiger partial charge is 0.271 e. The van der Waals surface area contributed by atoms with Gasteiger partial charge in [0.05, 0.1) is 15.2 Å². The molecule has 0 bridgehead atoms. The number of aromatic nitrogens is 2. The Labute approximate surface area is 127 Å². The molecule has 2 aromatic rings. The van der Waals surface area contributed by atoms with E-state index < -0.39 is 11.6 Å². The van der Waals surface area contributed by atoms with Crippen LogP contribution >= 0.6 is 27.5 Å². The van der Waals surface area contributed by atoms with Crippen molar-refractivity contribution in [3.63, 3.8) is 0 Å². The maximum atomic E-state index is 12.4. The van der Waals surface area contributed by atoms with E-state index >= 15 is 0 Å². The van der Waals surface area contributed by atoms with Crippen molar-refractivity contribution in [2.24, 2.45) is 0 Å². The molecule has 1 amide bonds. The molecule has 1 N–H and O–H groups in total.